The number of amides is 3. The zero-order chi connectivity index (χ0) is 24.7. The Morgan fingerprint density at radius 1 is 1.18 bits per heavy atom. The van der Waals surface area contributed by atoms with Crippen molar-refractivity contribution in [2.75, 3.05) is 46.4 Å². The molecule has 7 nitrogen and oxygen atoms in total. The summed E-state index contributed by atoms with van der Waals surface area (Å²) in [6.45, 7) is 12.5. The molecule has 1 aliphatic carbocycles. The quantitative estimate of drug-likeness (QED) is 0.557. The van der Waals surface area contributed by atoms with Crippen molar-refractivity contribution < 1.29 is 14.3 Å². The molecule has 3 rings (SSSR count). The number of nitrogens with zero attached hydrogens (tertiary/aromatic N) is 3. The maximum absolute atomic E-state index is 12.6. The van der Waals surface area contributed by atoms with Gasteiger partial charge in [-0.25, -0.2) is 4.79 Å². The third-order valence-electron chi connectivity index (χ3n) is 6.85. The van der Waals surface area contributed by atoms with E-state index in [9.17, 15) is 9.59 Å². The van der Waals surface area contributed by atoms with Gasteiger partial charge in [0.2, 0.25) is 5.91 Å². The number of carbonyl (C=O) groups is 2. The summed E-state index contributed by atoms with van der Waals surface area (Å²) < 4.78 is 5.44. The number of unbranched alkanes of at least 4 members (excludes halogenated alkanes) is 1. The lowest BCUT2D eigenvalue weighted by Gasteiger charge is -2.37. The van der Waals surface area contributed by atoms with Crippen molar-refractivity contribution in [2.24, 2.45) is 0 Å². The molecule has 0 saturated carbocycles. The Morgan fingerprint density at radius 3 is 2.65 bits per heavy atom. The van der Waals surface area contributed by atoms with Gasteiger partial charge in [-0.05, 0) is 95.6 Å². The lowest BCUT2D eigenvalue weighted by molar-refractivity contribution is -0.134. The minimum Gasteiger partial charge on any atom is -0.497 e. The zero-order valence-corrected chi connectivity index (χ0v) is 21.9. The maximum atomic E-state index is 12.6. The third-order valence-corrected chi connectivity index (χ3v) is 6.85. The number of methoxy groups -OCH3 is 1. The van der Waals surface area contributed by atoms with Gasteiger partial charge in [0.05, 0.1) is 7.11 Å². The molecule has 1 aromatic carbocycles. The standard InChI is InChI=1S/C27H44N4O3/c1-6-13-29(23-11-9-21-10-12-24(34-5)19-22(21)18-23)14-7-8-15-30-16-17-31(20-25(30)32)26(33)28-27(2,3)4/h10,12,19,23H,6-9,11,13-18,20H2,1-5H3,(H,28,33). The van der Waals surface area contributed by atoms with Crippen molar-refractivity contribution >= 4 is 11.9 Å². The van der Waals surface area contributed by atoms with Crippen LogP contribution in [-0.2, 0) is 17.6 Å². The van der Waals surface area contributed by atoms with E-state index in [1.165, 1.54) is 17.5 Å². The summed E-state index contributed by atoms with van der Waals surface area (Å²) in [6, 6.07) is 6.92. The van der Waals surface area contributed by atoms with Gasteiger partial charge in [-0.2, -0.15) is 0 Å². The summed E-state index contributed by atoms with van der Waals surface area (Å²) in [4.78, 5) is 31.2. The molecule has 1 aromatic rings. The number of benzene rings is 1. The van der Waals surface area contributed by atoms with Gasteiger partial charge in [-0.3, -0.25) is 4.79 Å². The van der Waals surface area contributed by atoms with Crippen LogP contribution in [0.3, 0.4) is 0 Å². The molecule has 1 saturated heterocycles. The fourth-order valence-corrected chi connectivity index (χ4v) is 5.05. The average Bonchev–Trinajstić information content (AvgIpc) is 2.80. The molecule has 1 fully saturated rings. The number of carbonyl (C=O) groups excluding carboxylic acids is 2. The Morgan fingerprint density at radius 2 is 1.97 bits per heavy atom. The van der Waals surface area contributed by atoms with Gasteiger partial charge in [0.25, 0.3) is 0 Å². The van der Waals surface area contributed by atoms with E-state index in [-0.39, 0.29) is 24.0 Å². The van der Waals surface area contributed by atoms with Gasteiger partial charge in [0, 0.05) is 31.2 Å². The Hall–Kier alpha value is -2.28. The van der Waals surface area contributed by atoms with Crippen LogP contribution in [0.15, 0.2) is 18.2 Å². The van der Waals surface area contributed by atoms with E-state index in [0.717, 1.165) is 57.5 Å². The van der Waals surface area contributed by atoms with Crippen LogP contribution in [0.25, 0.3) is 0 Å². The van der Waals surface area contributed by atoms with E-state index >= 15 is 0 Å². The van der Waals surface area contributed by atoms with E-state index in [1.807, 2.05) is 25.7 Å². The molecule has 3 amide bonds. The van der Waals surface area contributed by atoms with Crippen LogP contribution in [-0.4, -0.2) is 84.6 Å². The fraction of sp³-hybridized carbons (Fsp3) is 0.704. The van der Waals surface area contributed by atoms with Crippen LogP contribution in [0.2, 0.25) is 0 Å². The molecular weight excluding hydrogens is 428 g/mol. The third kappa shape index (κ3) is 7.36. The molecule has 0 aromatic heterocycles. The van der Waals surface area contributed by atoms with E-state index in [4.69, 9.17) is 4.74 Å². The number of nitrogens with one attached hydrogen (secondary N) is 1. The van der Waals surface area contributed by atoms with Crippen LogP contribution in [0.4, 0.5) is 4.79 Å². The highest BCUT2D eigenvalue weighted by Crippen LogP contribution is 2.28. The highest BCUT2D eigenvalue weighted by molar-refractivity contribution is 5.85. The number of ether oxygens (including phenoxy) is 1. The molecule has 1 N–H and O–H groups in total. The molecule has 1 heterocycles. The van der Waals surface area contributed by atoms with Crippen molar-refractivity contribution in [2.45, 2.75) is 77.8 Å². The molecule has 1 unspecified atom stereocenters. The predicted octanol–water partition coefficient (Wildman–Crippen LogP) is 3.70. The van der Waals surface area contributed by atoms with Gasteiger partial charge in [0.1, 0.15) is 12.3 Å². The number of aryl methyl sites for hydroxylation is 1. The normalized spacial score (nSPS) is 18.8. The molecule has 0 spiro atoms. The molecule has 7 heteroatoms. The summed E-state index contributed by atoms with van der Waals surface area (Å²) in [6.07, 6.45) is 6.65. The smallest absolute Gasteiger partial charge is 0.318 e. The van der Waals surface area contributed by atoms with Crippen LogP contribution >= 0.6 is 0 Å². The Bertz CT molecular complexity index is 836. The van der Waals surface area contributed by atoms with Crippen molar-refractivity contribution in [3.05, 3.63) is 29.3 Å². The SMILES string of the molecule is CCCN(CCCCN1CCN(C(=O)NC(C)(C)C)CC1=O)C1CCc2ccc(OC)cc2C1. The summed E-state index contributed by atoms with van der Waals surface area (Å²) >= 11 is 0. The van der Waals surface area contributed by atoms with Gasteiger partial charge in [-0.15, -0.1) is 0 Å². The molecule has 0 bridgehead atoms. The van der Waals surface area contributed by atoms with Gasteiger partial charge < -0.3 is 24.8 Å². The number of hydrogen-bond acceptors (Lipinski definition) is 4. The zero-order valence-electron chi connectivity index (χ0n) is 21.9. The number of piperazine rings is 1. The first-order chi connectivity index (χ1) is 16.2. The minimum atomic E-state index is -0.298. The first-order valence-electron chi connectivity index (χ1n) is 12.9. The number of fused-ring (bicyclic) bond motifs is 1. The first-order valence-corrected chi connectivity index (χ1v) is 12.9. The Balaban J connectivity index is 1.44. The van der Waals surface area contributed by atoms with Crippen LogP contribution in [0, 0.1) is 0 Å². The Kier molecular flexibility index (Phi) is 9.23. The summed E-state index contributed by atoms with van der Waals surface area (Å²) in [5, 5.41) is 2.95. The molecule has 1 atom stereocenters. The largest absolute Gasteiger partial charge is 0.497 e. The summed E-state index contributed by atoms with van der Waals surface area (Å²) in [5.74, 6) is 1.00. The lowest BCUT2D eigenvalue weighted by atomic mass is 9.87. The molecule has 1 aliphatic heterocycles. The fourth-order valence-electron chi connectivity index (χ4n) is 5.05. The molecule has 34 heavy (non-hydrogen) atoms. The monoisotopic (exact) mass is 472 g/mol. The summed E-state index contributed by atoms with van der Waals surface area (Å²) in [7, 11) is 1.73. The minimum absolute atomic E-state index is 0.0542. The molecule has 190 valence electrons. The van der Waals surface area contributed by atoms with Gasteiger partial charge in [0.15, 0.2) is 0 Å². The van der Waals surface area contributed by atoms with Crippen molar-refractivity contribution in [3.8, 4) is 5.75 Å². The average molecular weight is 473 g/mol. The van der Waals surface area contributed by atoms with Crippen LogP contribution in [0.1, 0.15) is 64.5 Å². The lowest BCUT2D eigenvalue weighted by Crippen LogP contribution is -2.57. The number of rotatable bonds is 9. The van der Waals surface area contributed by atoms with Crippen molar-refractivity contribution in [1.82, 2.24) is 20.0 Å². The molecular formula is C27H44N4O3. The predicted molar refractivity (Wildman–Crippen MR) is 136 cm³/mol. The second-order valence-electron chi connectivity index (χ2n) is 10.8. The second kappa shape index (κ2) is 11.9. The van der Waals surface area contributed by atoms with Crippen molar-refractivity contribution in [3.63, 3.8) is 0 Å². The highest BCUT2D eigenvalue weighted by atomic mass is 16.5. The van der Waals surface area contributed by atoms with Crippen molar-refractivity contribution in [1.29, 1.82) is 0 Å². The molecule has 0 radical (unpaired) electrons. The second-order valence-corrected chi connectivity index (χ2v) is 10.8. The van der Waals surface area contributed by atoms with E-state index in [1.54, 1.807) is 12.0 Å². The van der Waals surface area contributed by atoms with E-state index in [2.05, 4.69) is 35.3 Å². The van der Waals surface area contributed by atoms with Crippen LogP contribution in [0.5, 0.6) is 5.75 Å². The maximum Gasteiger partial charge on any atom is 0.318 e. The number of hydrogen-bond donors (Lipinski definition) is 1. The van der Waals surface area contributed by atoms with E-state index < -0.39 is 0 Å². The topological polar surface area (TPSA) is 65.1 Å². The van der Waals surface area contributed by atoms with E-state index in [0.29, 0.717) is 19.1 Å². The highest BCUT2D eigenvalue weighted by Gasteiger charge is 2.29. The Labute approximate surface area is 205 Å². The van der Waals surface area contributed by atoms with Gasteiger partial charge >= 0.3 is 6.03 Å². The number of urea groups is 1. The first kappa shape index (κ1) is 26.3. The van der Waals surface area contributed by atoms with Crippen LogP contribution < -0.4 is 10.1 Å². The summed E-state index contributed by atoms with van der Waals surface area (Å²) in [5.41, 5.74) is 2.59. The molecule has 2 aliphatic rings. The van der Waals surface area contributed by atoms with Gasteiger partial charge in [-0.1, -0.05) is 13.0 Å².